The predicted octanol–water partition coefficient (Wildman–Crippen LogP) is 5.34. The van der Waals surface area contributed by atoms with E-state index in [4.69, 9.17) is 0 Å². The van der Waals surface area contributed by atoms with Gasteiger partial charge in [-0.3, -0.25) is 9.69 Å². The van der Waals surface area contributed by atoms with Crippen molar-refractivity contribution in [1.29, 1.82) is 0 Å². The normalized spacial score (nSPS) is 17.6. The largest absolute Gasteiger partial charge is 0.662 e. The third-order valence-electron chi connectivity index (χ3n) is 6.58. The minimum Gasteiger partial charge on any atom is -0.662 e. The monoisotopic (exact) mass is 616 g/mol. The number of benzene rings is 2. The Kier molecular flexibility index (Phi) is 9.58. The summed E-state index contributed by atoms with van der Waals surface area (Å²) in [7, 11) is 0. The second kappa shape index (κ2) is 11.9. The molecule has 0 bridgehead atoms. The zero-order chi connectivity index (χ0) is 20.1. The molecule has 0 saturated carbocycles. The summed E-state index contributed by atoms with van der Waals surface area (Å²) in [5, 5.41) is 4.42. The number of hydrogen-bond donors (Lipinski definition) is 0. The van der Waals surface area contributed by atoms with E-state index in [0.717, 1.165) is 70.4 Å². The summed E-state index contributed by atoms with van der Waals surface area (Å²) in [6.07, 6.45) is 6.13. The molecule has 2 aliphatic heterocycles. The topological polar surface area (TPSA) is 34.4 Å². The minimum atomic E-state index is 0. The van der Waals surface area contributed by atoms with Crippen LogP contribution in [0, 0.1) is 56.9 Å². The Balaban J connectivity index is 0.00000256. The molecule has 0 amide bonds. The van der Waals surface area contributed by atoms with Crippen LogP contribution in [0.15, 0.2) is 42.5 Å². The molecule has 0 unspecified atom stereocenters. The molecule has 0 N–H and O–H groups in total. The molecule has 3 nitrogen and oxygen atoms in total. The van der Waals surface area contributed by atoms with Crippen molar-refractivity contribution in [3.8, 4) is 0 Å². The number of ketones is 1. The quantitative estimate of drug-likeness (QED) is 0.411. The molecule has 157 valence electrons. The maximum absolute atomic E-state index is 12.8. The van der Waals surface area contributed by atoms with Crippen LogP contribution in [0.25, 0.3) is 5.32 Å². The van der Waals surface area contributed by atoms with Gasteiger partial charge in [-0.25, -0.2) is 0 Å². The molecule has 0 aromatic heterocycles. The summed E-state index contributed by atoms with van der Waals surface area (Å²) in [5.41, 5.74) is 6.42. The summed E-state index contributed by atoms with van der Waals surface area (Å²) in [6, 6.07) is 15.3. The Morgan fingerprint density at radius 3 is 2.57 bits per heavy atom. The number of fused-ring (bicyclic) bond motifs is 1. The van der Waals surface area contributed by atoms with E-state index in [-0.39, 0.29) is 44.1 Å². The maximum Gasteiger partial charge on any atom is 0.162 e. The van der Waals surface area contributed by atoms with Gasteiger partial charge in [-0.15, -0.1) is 13.1 Å². The smallest absolute Gasteiger partial charge is 0.162 e. The number of carbonyl (C=O) groups excluding carboxylic acids is 1. The van der Waals surface area contributed by atoms with Crippen molar-refractivity contribution in [2.45, 2.75) is 52.0 Å². The number of hydrogen-bond acceptors (Lipinski definition) is 2. The second-order valence-electron chi connectivity index (χ2n) is 8.82. The van der Waals surface area contributed by atoms with Crippen LogP contribution >= 0.6 is 0 Å². The van der Waals surface area contributed by atoms with E-state index in [1.54, 1.807) is 0 Å². The van der Waals surface area contributed by atoms with Gasteiger partial charge in [0.1, 0.15) is 0 Å². The maximum atomic E-state index is 12.8. The van der Waals surface area contributed by atoms with Gasteiger partial charge >= 0.3 is 0 Å². The summed E-state index contributed by atoms with van der Waals surface area (Å²) in [6.45, 7) is 7.28. The average Bonchev–Trinajstić information content (AvgIpc) is 2.95. The van der Waals surface area contributed by atoms with Gasteiger partial charge < -0.3 is 5.32 Å². The molecular formula is C26H33AcN2O-. The number of Topliss-reactive ketones (excluding diaryl/α,β-unsaturated/α-hetero) is 1. The van der Waals surface area contributed by atoms with Crippen molar-refractivity contribution in [3.05, 3.63) is 75.6 Å². The molecule has 30 heavy (non-hydrogen) atoms. The van der Waals surface area contributed by atoms with E-state index in [0.29, 0.717) is 18.1 Å². The van der Waals surface area contributed by atoms with E-state index in [9.17, 15) is 4.79 Å². The number of aryl methyl sites for hydroxylation is 1. The third kappa shape index (κ3) is 6.73. The molecule has 2 aromatic carbocycles. The number of nitrogens with zero attached hydrogens (tertiary/aromatic N) is 2. The molecule has 4 rings (SSSR count). The molecule has 0 atom stereocenters. The molecule has 0 aliphatic carbocycles. The van der Waals surface area contributed by atoms with Gasteiger partial charge in [0.2, 0.25) is 0 Å². The fourth-order valence-electron chi connectivity index (χ4n) is 4.74. The van der Waals surface area contributed by atoms with Crippen LogP contribution < -0.4 is 0 Å². The van der Waals surface area contributed by atoms with Gasteiger partial charge in [-0.1, -0.05) is 54.8 Å². The Bertz CT molecular complexity index is 845. The number of carbonyl (C=O) groups is 1. The molecule has 0 spiro atoms. The summed E-state index contributed by atoms with van der Waals surface area (Å²) in [4.78, 5) is 15.3. The van der Waals surface area contributed by atoms with Crippen molar-refractivity contribution in [2.75, 3.05) is 26.2 Å². The first-order valence-corrected chi connectivity index (χ1v) is 11.2. The van der Waals surface area contributed by atoms with Gasteiger partial charge in [-0.2, -0.15) is 0 Å². The van der Waals surface area contributed by atoms with E-state index < -0.39 is 0 Å². The van der Waals surface area contributed by atoms with Crippen LogP contribution in [0.2, 0.25) is 0 Å². The molecule has 4 heteroatoms. The van der Waals surface area contributed by atoms with E-state index in [1.807, 2.05) is 0 Å². The van der Waals surface area contributed by atoms with Crippen LogP contribution in [-0.2, 0) is 19.4 Å². The Morgan fingerprint density at radius 2 is 1.80 bits per heavy atom. The summed E-state index contributed by atoms with van der Waals surface area (Å²) < 4.78 is 0. The van der Waals surface area contributed by atoms with Crippen molar-refractivity contribution < 1.29 is 48.9 Å². The van der Waals surface area contributed by atoms with Gasteiger partial charge in [0.15, 0.2) is 5.78 Å². The van der Waals surface area contributed by atoms with Crippen molar-refractivity contribution in [2.24, 2.45) is 5.92 Å². The molecule has 1 saturated heterocycles. The van der Waals surface area contributed by atoms with E-state index >= 15 is 0 Å². The SMILES string of the molecule is Cc1cccc(CN2CCc3ccc(C(=O)CCC4CC[N-]CC4)cc3CC2)c1.[Ac]. The van der Waals surface area contributed by atoms with Gasteiger partial charge in [0.05, 0.1) is 0 Å². The fourth-order valence-corrected chi connectivity index (χ4v) is 4.74. The first kappa shape index (κ1) is 24.1. The van der Waals surface area contributed by atoms with Gasteiger partial charge in [0, 0.05) is 75.7 Å². The van der Waals surface area contributed by atoms with Crippen LogP contribution in [0.4, 0.5) is 0 Å². The van der Waals surface area contributed by atoms with Crippen LogP contribution in [0.1, 0.15) is 58.3 Å². The molecule has 1 fully saturated rings. The van der Waals surface area contributed by atoms with Gasteiger partial charge in [-0.05, 0) is 54.9 Å². The Hall–Kier alpha value is -0.528. The molecule has 1 radical (unpaired) electrons. The van der Waals surface area contributed by atoms with Crippen molar-refractivity contribution >= 4 is 5.78 Å². The van der Waals surface area contributed by atoms with Crippen molar-refractivity contribution in [3.63, 3.8) is 0 Å². The van der Waals surface area contributed by atoms with Crippen molar-refractivity contribution in [1.82, 2.24) is 4.90 Å². The Morgan fingerprint density at radius 1 is 1.03 bits per heavy atom. The third-order valence-corrected chi connectivity index (χ3v) is 6.58. The Labute approximate surface area is 217 Å². The zero-order valence-electron chi connectivity index (χ0n) is 18.3. The number of piperidine rings is 1. The molecular weight excluding hydrogens is 583 g/mol. The molecule has 2 heterocycles. The summed E-state index contributed by atoms with van der Waals surface area (Å²) in [5.74, 6) is 1.00. The van der Waals surface area contributed by atoms with Crippen LogP contribution in [-0.4, -0.2) is 36.9 Å². The van der Waals surface area contributed by atoms with Gasteiger partial charge in [0.25, 0.3) is 0 Å². The standard InChI is InChI=1S/C26H33N2O.Ac/c1-20-3-2-4-22(17-20)19-28-15-11-23-6-7-25(18-24(23)12-16-28)26(29)8-5-21-9-13-27-14-10-21;/h2-4,6-7,17-18,21H,5,8-16,19H2,1H3;/q-1;. The number of rotatable bonds is 6. The zero-order valence-corrected chi connectivity index (χ0v) is 23.0. The molecule has 2 aliphatic rings. The first-order valence-electron chi connectivity index (χ1n) is 11.2. The summed E-state index contributed by atoms with van der Waals surface area (Å²) >= 11 is 0. The van der Waals surface area contributed by atoms with Crippen LogP contribution in [0.5, 0.6) is 0 Å². The van der Waals surface area contributed by atoms with E-state index in [2.05, 4.69) is 59.6 Å². The van der Waals surface area contributed by atoms with E-state index in [1.165, 1.54) is 22.3 Å². The second-order valence-corrected chi connectivity index (χ2v) is 8.82. The average molecular weight is 617 g/mol. The molecule has 2 aromatic rings. The fraction of sp³-hybridized carbons (Fsp3) is 0.500. The predicted molar refractivity (Wildman–Crippen MR) is 120 cm³/mol. The first-order chi connectivity index (χ1) is 14.2. The minimum absolute atomic E-state index is 0. The van der Waals surface area contributed by atoms with Crippen LogP contribution in [0.3, 0.4) is 0 Å².